The lowest BCUT2D eigenvalue weighted by molar-refractivity contribution is 0.0974. The van der Waals surface area contributed by atoms with Crippen LogP contribution in [0.4, 0.5) is 11.5 Å². The van der Waals surface area contributed by atoms with Crippen molar-refractivity contribution in [1.82, 2.24) is 14.9 Å². The highest BCUT2D eigenvalue weighted by Gasteiger charge is 2.34. The van der Waals surface area contributed by atoms with E-state index >= 15 is 0 Å². The molecule has 5 nitrogen and oxygen atoms in total. The number of aromatic nitrogens is 2. The van der Waals surface area contributed by atoms with Gasteiger partial charge in [-0.25, -0.2) is 4.98 Å². The van der Waals surface area contributed by atoms with Gasteiger partial charge in [0.25, 0.3) is 0 Å². The van der Waals surface area contributed by atoms with E-state index in [1.54, 1.807) is 0 Å². The van der Waals surface area contributed by atoms with Crippen molar-refractivity contribution in [1.29, 1.82) is 0 Å². The summed E-state index contributed by atoms with van der Waals surface area (Å²) in [6, 6.07) is 0.431. The summed E-state index contributed by atoms with van der Waals surface area (Å²) in [6.07, 6.45) is 2.52. The molecule has 3 N–H and O–H groups in total. The van der Waals surface area contributed by atoms with Gasteiger partial charge in [-0.3, -0.25) is 0 Å². The van der Waals surface area contributed by atoms with E-state index in [-0.39, 0.29) is 5.28 Å². The Morgan fingerprint density at radius 2 is 2.06 bits per heavy atom. The van der Waals surface area contributed by atoms with E-state index in [2.05, 4.69) is 20.2 Å². The summed E-state index contributed by atoms with van der Waals surface area (Å²) >= 11 is 5.89. The predicted octanol–water partition coefficient (Wildman–Crippen LogP) is 1.53. The fourth-order valence-corrected chi connectivity index (χ4v) is 3.17. The van der Waals surface area contributed by atoms with Crippen molar-refractivity contribution in [2.75, 3.05) is 30.7 Å². The Morgan fingerprint density at radius 3 is 2.67 bits per heavy atom. The van der Waals surface area contributed by atoms with Crippen LogP contribution in [0.15, 0.2) is 0 Å². The molecule has 0 aromatic carbocycles. The molecule has 3 fully saturated rings. The van der Waals surface area contributed by atoms with Gasteiger partial charge in [-0.1, -0.05) is 0 Å². The average molecular weight is 268 g/mol. The summed E-state index contributed by atoms with van der Waals surface area (Å²) in [7, 11) is 0. The van der Waals surface area contributed by atoms with Gasteiger partial charge in [0.05, 0.1) is 11.4 Å². The highest BCUT2D eigenvalue weighted by molar-refractivity contribution is 6.28. The number of fused-ring (bicyclic) bond motifs is 3. The molecule has 0 spiro atoms. The van der Waals surface area contributed by atoms with Gasteiger partial charge in [-0.2, -0.15) is 4.98 Å². The van der Waals surface area contributed by atoms with Crippen LogP contribution in [0, 0.1) is 12.8 Å². The normalized spacial score (nSPS) is 30.4. The minimum atomic E-state index is 0.255. The average Bonchev–Trinajstić information content (AvgIpc) is 2.37. The first-order valence-corrected chi connectivity index (χ1v) is 6.80. The van der Waals surface area contributed by atoms with Crippen molar-refractivity contribution in [3.8, 4) is 0 Å². The third kappa shape index (κ3) is 2.12. The minimum Gasteiger partial charge on any atom is -0.394 e. The van der Waals surface area contributed by atoms with Gasteiger partial charge < -0.3 is 16.0 Å². The summed E-state index contributed by atoms with van der Waals surface area (Å²) in [5.74, 6) is 1.41. The van der Waals surface area contributed by atoms with E-state index in [0.717, 1.165) is 18.2 Å². The number of nitrogen functional groups attached to an aromatic ring is 1. The van der Waals surface area contributed by atoms with E-state index in [0.29, 0.717) is 17.5 Å². The third-order valence-electron chi connectivity index (χ3n) is 4.09. The minimum absolute atomic E-state index is 0.255. The Balaban J connectivity index is 1.80. The number of piperidine rings is 3. The predicted molar refractivity (Wildman–Crippen MR) is 72.8 cm³/mol. The molecule has 1 aromatic rings. The number of rotatable bonds is 2. The molecule has 1 unspecified atom stereocenters. The molecule has 3 aliphatic heterocycles. The van der Waals surface area contributed by atoms with Crippen LogP contribution in [0.25, 0.3) is 0 Å². The van der Waals surface area contributed by atoms with Crippen LogP contribution < -0.4 is 11.1 Å². The second kappa shape index (κ2) is 4.55. The number of halogens is 1. The van der Waals surface area contributed by atoms with Crippen LogP contribution in [0.3, 0.4) is 0 Å². The molecule has 4 heterocycles. The molecule has 18 heavy (non-hydrogen) atoms. The maximum Gasteiger partial charge on any atom is 0.224 e. The zero-order valence-electron chi connectivity index (χ0n) is 10.5. The molecule has 1 atom stereocenters. The number of nitrogens with two attached hydrogens (primary N) is 1. The van der Waals surface area contributed by atoms with Crippen LogP contribution in [0.2, 0.25) is 5.28 Å². The molecule has 0 radical (unpaired) electrons. The number of hydrogen-bond acceptors (Lipinski definition) is 5. The maximum absolute atomic E-state index is 6.01. The van der Waals surface area contributed by atoms with Crippen LogP contribution in [-0.2, 0) is 0 Å². The van der Waals surface area contributed by atoms with E-state index in [4.69, 9.17) is 17.3 Å². The summed E-state index contributed by atoms with van der Waals surface area (Å²) in [5, 5.41) is 3.72. The summed E-state index contributed by atoms with van der Waals surface area (Å²) < 4.78 is 0. The molecule has 4 rings (SSSR count). The van der Waals surface area contributed by atoms with Crippen LogP contribution in [-0.4, -0.2) is 40.5 Å². The SMILES string of the molecule is Cc1nc(Cl)nc(NC2CN3CCC2CC3)c1N. The zero-order chi connectivity index (χ0) is 12.7. The lowest BCUT2D eigenvalue weighted by atomic mass is 9.84. The van der Waals surface area contributed by atoms with Crippen molar-refractivity contribution in [2.45, 2.75) is 25.8 Å². The Hall–Kier alpha value is -1.07. The quantitative estimate of drug-likeness (QED) is 0.796. The number of nitrogens with one attached hydrogen (secondary N) is 1. The van der Waals surface area contributed by atoms with Gasteiger partial charge >= 0.3 is 0 Å². The van der Waals surface area contributed by atoms with Gasteiger partial charge in [0, 0.05) is 12.6 Å². The molecule has 3 aliphatic rings. The van der Waals surface area contributed by atoms with Crippen molar-refractivity contribution in [2.24, 2.45) is 5.92 Å². The van der Waals surface area contributed by atoms with Crippen LogP contribution in [0.1, 0.15) is 18.5 Å². The zero-order valence-corrected chi connectivity index (χ0v) is 11.2. The number of aryl methyl sites for hydroxylation is 1. The van der Waals surface area contributed by atoms with Gasteiger partial charge in [0.2, 0.25) is 5.28 Å². The first kappa shape index (κ1) is 12.0. The molecule has 1 aromatic heterocycles. The Bertz CT molecular complexity index is 456. The fraction of sp³-hybridized carbons (Fsp3) is 0.667. The molecule has 2 bridgehead atoms. The summed E-state index contributed by atoms with van der Waals surface area (Å²) in [6.45, 7) is 5.37. The van der Waals surface area contributed by atoms with E-state index in [9.17, 15) is 0 Å². The van der Waals surface area contributed by atoms with Crippen molar-refractivity contribution in [3.05, 3.63) is 11.0 Å². The largest absolute Gasteiger partial charge is 0.394 e. The molecule has 98 valence electrons. The second-order valence-corrected chi connectivity index (χ2v) is 5.57. The first-order chi connectivity index (χ1) is 8.63. The molecular weight excluding hydrogens is 250 g/mol. The van der Waals surface area contributed by atoms with Crippen molar-refractivity contribution >= 4 is 23.1 Å². The van der Waals surface area contributed by atoms with Crippen molar-refractivity contribution < 1.29 is 0 Å². The Kier molecular flexibility index (Phi) is 3.03. The molecule has 3 saturated heterocycles. The lowest BCUT2D eigenvalue weighted by Crippen LogP contribution is -2.53. The molecule has 0 aliphatic carbocycles. The first-order valence-electron chi connectivity index (χ1n) is 6.42. The number of hydrogen-bond donors (Lipinski definition) is 2. The van der Waals surface area contributed by atoms with Gasteiger partial charge in [0.1, 0.15) is 0 Å². The Morgan fingerprint density at radius 1 is 1.33 bits per heavy atom. The standard InChI is InChI=1S/C12H18ClN5/c1-7-10(14)11(17-12(13)15-7)16-9-6-18-4-2-8(9)3-5-18/h8-9H,2-6,14H2,1H3,(H,15,16,17). The van der Waals surface area contributed by atoms with Gasteiger partial charge in [0.15, 0.2) is 5.82 Å². The molecule has 0 amide bonds. The maximum atomic E-state index is 6.01. The highest BCUT2D eigenvalue weighted by Crippen LogP contribution is 2.31. The molecular formula is C12H18ClN5. The van der Waals surface area contributed by atoms with E-state index in [1.165, 1.54) is 25.9 Å². The summed E-state index contributed by atoms with van der Waals surface area (Å²) in [4.78, 5) is 10.8. The van der Waals surface area contributed by atoms with E-state index < -0.39 is 0 Å². The van der Waals surface area contributed by atoms with Crippen LogP contribution in [0.5, 0.6) is 0 Å². The highest BCUT2D eigenvalue weighted by atomic mass is 35.5. The summed E-state index contributed by atoms with van der Waals surface area (Å²) in [5.41, 5.74) is 7.35. The number of nitrogens with zero attached hydrogens (tertiary/aromatic N) is 3. The van der Waals surface area contributed by atoms with Gasteiger partial charge in [-0.05, 0) is 50.4 Å². The third-order valence-corrected chi connectivity index (χ3v) is 4.26. The fourth-order valence-electron chi connectivity index (χ4n) is 2.96. The van der Waals surface area contributed by atoms with Crippen molar-refractivity contribution in [3.63, 3.8) is 0 Å². The molecule has 6 heteroatoms. The molecule has 0 saturated carbocycles. The number of anilines is 2. The van der Waals surface area contributed by atoms with Crippen LogP contribution >= 0.6 is 11.6 Å². The van der Waals surface area contributed by atoms with Gasteiger partial charge in [-0.15, -0.1) is 0 Å². The Labute approximate surface area is 112 Å². The monoisotopic (exact) mass is 267 g/mol. The second-order valence-electron chi connectivity index (χ2n) is 5.23. The topological polar surface area (TPSA) is 67.1 Å². The van der Waals surface area contributed by atoms with E-state index in [1.807, 2.05) is 6.92 Å². The lowest BCUT2D eigenvalue weighted by Gasteiger charge is -2.45. The smallest absolute Gasteiger partial charge is 0.224 e.